The summed E-state index contributed by atoms with van der Waals surface area (Å²) < 4.78 is 15.8. The summed E-state index contributed by atoms with van der Waals surface area (Å²) in [5, 5.41) is 27.0. The zero-order valence-electron chi connectivity index (χ0n) is 12.2. The monoisotopic (exact) mass is 364 g/mol. The predicted molar refractivity (Wildman–Crippen MR) is 82.8 cm³/mol. The van der Waals surface area contributed by atoms with Crippen LogP contribution in [0.4, 0.5) is 0 Å². The molecule has 10 heteroatoms. The highest BCUT2D eigenvalue weighted by Crippen LogP contribution is 2.35. The number of rotatable bonds is 6. The number of furan rings is 3. The molecule has 3 aromatic rings. The second-order valence-electron chi connectivity index (χ2n) is 4.66. The van der Waals surface area contributed by atoms with Crippen molar-refractivity contribution >= 4 is 42.3 Å². The first kappa shape index (κ1) is 16.5. The third-order valence-corrected chi connectivity index (χ3v) is 5.11. The quantitative estimate of drug-likeness (QED) is 0.550. The van der Waals surface area contributed by atoms with Gasteiger partial charge in [-0.2, -0.15) is 0 Å². The van der Waals surface area contributed by atoms with E-state index >= 15 is 0 Å². The summed E-state index contributed by atoms with van der Waals surface area (Å²) in [5.41, 5.74) is 0.472. The summed E-state index contributed by atoms with van der Waals surface area (Å²) in [5.74, 6) is -4.81. The lowest BCUT2D eigenvalue weighted by atomic mass is 10.5. The molecule has 0 fully saturated rings. The summed E-state index contributed by atoms with van der Waals surface area (Å²) in [4.78, 5) is 33.0. The van der Waals surface area contributed by atoms with Crippen molar-refractivity contribution < 1.29 is 43.0 Å². The van der Waals surface area contributed by atoms with E-state index in [0.29, 0.717) is 0 Å². The summed E-state index contributed by atoms with van der Waals surface area (Å²) in [6.07, 6.45) is 0. The van der Waals surface area contributed by atoms with Gasteiger partial charge in [0.1, 0.15) is 24.4 Å². The van der Waals surface area contributed by atoms with Crippen molar-refractivity contribution in [3.63, 3.8) is 0 Å². The Labute approximate surface area is 139 Å². The van der Waals surface area contributed by atoms with E-state index in [9.17, 15) is 14.4 Å². The zero-order valence-corrected chi connectivity index (χ0v) is 13.1. The van der Waals surface area contributed by atoms with Crippen molar-refractivity contribution in [3.05, 3.63) is 53.7 Å². The van der Waals surface area contributed by atoms with E-state index < -0.39 is 25.8 Å². The van der Waals surface area contributed by atoms with Gasteiger partial charge in [-0.05, 0) is 36.4 Å². The minimum Gasteiger partial charge on any atom is -0.475 e. The first-order valence-corrected chi connectivity index (χ1v) is 8.00. The average Bonchev–Trinajstić information content (AvgIpc) is 3.28. The van der Waals surface area contributed by atoms with E-state index in [-0.39, 0.29) is 33.8 Å². The molecule has 9 nitrogen and oxygen atoms in total. The van der Waals surface area contributed by atoms with Crippen LogP contribution >= 0.6 is 7.92 Å². The fourth-order valence-electron chi connectivity index (χ4n) is 2.01. The highest BCUT2D eigenvalue weighted by molar-refractivity contribution is 7.78. The number of hydrogen-bond donors (Lipinski definition) is 3. The van der Waals surface area contributed by atoms with Crippen molar-refractivity contribution in [2.75, 3.05) is 0 Å². The van der Waals surface area contributed by atoms with Gasteiger partial charge in [0.05, 0.1) is 0 Å². The number of carbonyl (C=O) groups is 3. The Kier molecular flexibility index (Phi) is 4.16. The molecule has 3 rings (SSSR count). The van der Waals surface area contributed by atoms with E-state index in [1.807, 2.05) is 0 Å². The Hall–Kier alpha value is -3.32. The van der Waals surface area contributed by atoms with Crippen LogP contribution in [0.25, 0.3) is 0 Å². The molecular formula is C15H9O9P. The largest absolute Gasteiger partial charge is 0.475 e. The molecule has 0 amide bonds. The van der Waals surface area contributed by atoms with Crippen LogP contribution in [-0.4, -0.2) is 33.2 Å². The molecule has 0 atom stereocenters. The van der Waals surface area contributed by atoms with Gasteiger partial charge in [-0.25, -0.2) is 14.4 Å². The molecule has 25 heavy (non-hydrogen) atoms. The lowest BCUT2D eigenvalue weighted by Gasteiger charge is -2.09. The van der Waals surface area contributed by atoms with E-state index in [1.54, 1.807) is 0 Å². The molecule has 3 N–H and O–H groups in total. The highest BCUT2D eigenvalue weighted by atomic mass is 31.1. The van der Waals surface area contributed by atoms with Gasteiger partial charge in [0.25, 0.3) is 0 Å². The van der Waals surface area contributed by atoms with Crippen molar-refractivity contribution in [2.45, 2.75) is 0 Å². The second kappa shape index (κ2) is 6.29. The smallest absolute Gasteiger partial charge is 0.371 e. The van der Waals surface area contributed by atoms with E-state index in [4.69, 9.17) is 28.6 Å². The SMILES string of the molecule is O=C(O)c1ccc(P(c2ccc(C(=O)O)o2)c2ccc(C(=O)O)o2)o1. The van der Waals surface area contributed by atoms with Crippen LogP contribution in [-0.2, 0) is 0 Å². The molecule has 0 unspecified atom stereocenters. The minimum absolute atomic E-state index is 0.157. The van der Waals surface area contributed by atoms with Crippen LogP contribution < -0.4 is 16.5 Å². The first-order chi connectivity index (χ1) is 11.9. The topological polar surface area (TPSA) is 151 Å². The van der Waals surface area contributed by atoms with Crippen LogP contribution in [0.2, 0.25) is 0 Å². The fraction of sp³-hybridized carbons (Fsp3) is 0. The van der Waals surface area contributed by atoms with Gasteiger partial charge in [0.2, 0.25) is 17.3 Å². The van der Waals surface area contributed by atoms with Gasteiger partial charge in [-0.1, -0.05) is 0 Å². The molecule has 0 radical (unpaired) electrons. The molecule has 0 bridgehead atoms. The van der Waals surface area contributed by atoms with Crippen LogP contribution in [0.1, 0.15) is 31.7 Å². The maximum atomic E-state index is 11.0. The van der Waals surface area contributed by atoms with Crippen molar-refractivity contribution in [2.24, 2.45) is 0 Å². The van der Waals surface area contributed by atoms with Gasteiger partial charge in [-0.3, -0.25) is 0 Å². The number of carboxylic acid groups (broad SMARTS) is 3. The first-order valence-electron chi connectivity index (χ1n) is 6.66. The molecule has 128 valence electrons. The van der Waals surface area contributed by atoms with Crippen molar-refractivity contribution in [1.82, 2.24) is 0 Å². The van der Waals surface area contributed by atoms with Crippen molar-refractivity contribution in [3.8, 4) is 0 Å². The third kappa shape index (κ3) is 3.17. The Morgan fingerprint density at radius 3 is 1.08 bits per heavy atom. The Bertz CT molecular complexity index is 837. The Morgan fingerprint density at radius 2 is 0.880 bits per heavy atom. The van der Waals surface area contributed by atoms with Gasteiger partial charge in [0, 0.05) is 0 Å². The fourth-order valence-corrected chi connectivity index (χ4v) is 3.91. The molecule has 0 aliphatic heterocycles. The van der Waals surface area contributed by atoms with Crippen LogP contribution in [0.5, 0.6) is 0 Å². The maximum Gasteiger partial charge on any atom is 0.371 e. The molecule has 0 aliphatic rings. The molecule has 3 heterocycles. The van der Waals surface area contributed by atoms with Crippen LogP contribution in [0, 0.1) is 0 Å². The van der Waals surface area contributed by atoms with E-state index in [0.717, 1.165) is 0 Å². The lowest BCUT2D eigenvalue weighted by molar-refractivity contribution is 0.0655. The summed E-state index contributed by atoms with van der Waals surface area (Å²) in [7, 11) is -1.75. The average molecular weight is 364 g/mol. The molecule has 0 saturated carbocycles. The molecule has 3 aromatic heterocycles. The summed E-state index contributed by atoms with van der Waals surface area (Å²) >= 11 is 0. The standard InChI is InChI=1S/C15H9O9P/c16-13(17)7-1-4-10(22-7)25(11-5-2-8(23-11)14(18)19)12-6-3-9(24-12)15(20)21/h1-6H,(H,16,17)(H,18,19)(H,20,21). The zero-order chi connectivity index (χ0) is 18.1. The lowest BCUT2D eigenvalue weighted by Crippen LogP contribution is -2.18. The van der Waals surface area contributed by atoms with Crippen LogP contribution in [0.3, 0.4) is 0 Å². The molecular weight excluding hydrogens is 355 g/mol. The maximum absolute atomic E-state index is 11.0. The molecule has 0 spiro atoms. The summed E-state index contributed by atoms with van der Waals surface area (Å²) in [6.45, 7) is 0. The second-order valence-corrected chi connectivity index (χ2v) is 6.66. The predicted octanol–water partition coefficient (Wildman–Crippen LogP) is 1.32. The Balaban J connectivity index is 2.10. The molecule has 0 aromatic carbocycles. The highest BCUT2D eigenvalue weighted by Gasteiger charge is 2.29. The Morgan fingerprint density at radius 1 is 0.600 bits per heavy atom. The van der Waals surface area contributed by atoms with Gasteiger partial charge in [-0.15, -0.1) is 0 Å². The number of hydrogen-bond acceptors (Lipinski definition) is 6. The van der Waals surface area contributed by atoms with E-state index in [1.165, 1.54) is 36.4 Å². The number of carboxylic acids is 3. The van der Waals surface area contributed by atoms with E-state index in [2.05, 4.69) is 0 Å². The number of aromatic carboxylic acids is 3. The third-order valence-electron chi connectivity index (χ3n) is 3.07. The van der Waals surface area contributed by atoms with Crippen molar-refractivity contribution in [1.29, 1.82) is 0 Å². The van der Waals surface area contributed by atoms with Crippen LogP contribution in [0.15, 0.2) is 49.6 Å². The van der Waals surface area contributed by atoms with Gasteiger partial charge >= 0.3 is 17.9 Å². The molecule has 0 aliphatic carbocycles. The van der Waals surface area contributed by atoms with Gasteiger partial charge < -0.3 is 28.6 Å². The normalized spacial score (nSPS) is 10.9. The minimum atomic E-state index is -1.75. The molecule has 0 saturated heterocycles. The summed E-state index contributed by atoms with van der Waals surface area (Å²) in [6, 6.07) is 7.86. The van der Waals surface area contributed by atoms with Gasteiger partial charge in [0.15, 0.2) is 0 Å².